The van der Waals surface area contributed by atoms with Crippen LogP contribution in [0.4, 0.5) is 26.3 Å². The smallest absolute Gasteiger partial charge is 0.434 e. The van der Waals surface area contributed by atoms with Gasteiger partial charge in [0.05, 0.1) is 24.5 Å². The van der Waals surface area contributed by atoms with Crippen LogP contribution in [0, 0.1) is 17.8 Å². The van der Waals surface area contributed by atoms with E-state index in [2.05, 4.69) is 4.74 Å². The average molecular weight is 406 g/mol. The number of rotatable bonds is 5. The quantitative estimate of drug-likeness (QED) is 0.517. The minimum absolute atomic E-state index is 0.0623. The van der Waals surface area contributed by atoms with E-state index in [9.17, 15) is 35.9 Å². The summed E-state index contributed by atoms with van der Waals surface area (Å²) in [6.45, 7) is 5.44. The lowest BCUT2D eigenvalue weighted by molar-refractivity contribution is -0.315. The van der Waals surface area contributed by atoms with Gasteiger partial charge >= 0.3 is 24.3 Å². The Morgan fingerprint density at radius 3 is 2.15 bits per heavy atom. The van der Waals surface area contributed by atoms with E-state index in [0.717, 1.165) is 0 Å². The highest BCUT2D eigenvalue weighted by Crippen LogP contribution is 2.44. The highest BCUT2D eigenvalue weighted by atomic mass is 19.4. The fraction of sp³-hybridized carbons (Fsp3) is 0.875. The topological polar surface area (TPSA) is 61.8 Å². The molecule has 1 heterocycles. The third-order valence-electron chi connectivity index (χ3n) is 4.88. The number of hydrogen-bond donors (Lipinski definition) is 0. The van der Waals surface area contributed by atoms with Crippen molar-refractivity contribution in [3.63, 3.8) is 0 Å². The fourth-order valence-electron chi connectivity index (χ4n) is 3.20. The van der Waals surface area contributed by atoms with Gasteiger partial charge in [0.1, 0.15) is 6.10 Å². The molecule has 1 saturated carbocycles. The van der Waals surface area contributed by atoms with Gasteiger partial charge < -0.3 is 14.2 Å². The lowest BCUT2D eigenvalue weighted by Gasteiger charge is -2.33. The van der Waals surface area contributed by atoms with Crippen molar-refractivity contribution < 1.29 is 50.1 Å². The zero-order chi connectivity index (χ0) is 20.7. The molecule has 1 aliphatic carbocycles. The molecule has 0 spiro atoms. The van der Waals surface area contributed by atoms with E-state index in [1.165, 1.54) is 0 Å². The lowest BCUT2D eigenvalue weighted by Crippen LogP contribution is -2.48. The molecule has 0 aromatic rings. The van der Waals surface area contributed by atoms with E-state index in [4.69, 9.17) is 9.47 Å². The predicted molar refractivity (Wildman–Crippen MR) is 77.3 cm³/mol. The molecule has 11 heteroatoms. The molecule has 0 N–H and O–H groups in total. The summed E-state index contributed by atoms with van der Waals surface area (Å²) in [6.07, 6.45) is -18.5. The zero-order valence-electron chi connectivity index (χ0n) is 14.8. The monoisotopic (exact) mass is 406 g/mol. The number of carbonyl (C=O) groups excluding carboxylic acids is 2. The van der Waals surface area contributed by atoms with Gasteiger partial charge in [-0.1, -0.05) is 13.8 Å². The minimum atomic E-state index is -5.81. The Morgan fingerprint density at radius 1 is 1.11 bits per heavy atom. The number of esters is 2. The first-order chi connectivity index (χ1) is 12.2. The third kappa shape index (κ3) is 4.85. The maximum Gasteiger partial charge on any atom is 0.434 e. The Bertz CT molecular complexity index is 559. The SMILES string of the molecule is CC(C)C(C)OC1C2CC(=O)OC1C(C(=O)OC(C(F)(F)F)C(F)(F)F)C2. The third-order valence-corrected chi connectivity index (χ3v) is 4.88. The number of ether oxygens (including phenoxy) is 3. The molecule has 156 valence electrons. The second kappa shape index (κ2) is 7.48. The van der Waals surface area contributed by atoms with Gasteiger partial charge in [0.15, 0.2) is 0 Å². The normalized spacial score (nSPS) is 29.8. The van der Waals surface area contributed by atoms with Crippen molar-refractivity contribution in [2.45, 2.75) is 70.4 Å². The van der Waals surface area contributed by atoms with Gasteiger partial charge in [-0.3, -0.25) is 9.59 Å². The van der Waals surface area contributed by atoms with Gasteiger partial charge in [-0.15, -0.1) is 0 Å². The second-order valence-electron chi connectivity index (χ2n) is 7.21. The molecule has 1 aliphatic heterocycles. The first-order valence-corrected chi connectivity index (χ1v) is 8.40. The minimum Gasteiger partial charge on any atom is -0.459 e. The van der Waals surface area contributed by atoms with Crippen LogP contribution < -0.4 is 0 Å². The summed E-state index contributed by atoms with van der Waals surface area (Å²) in [5.74, 6) is -4.31. The maximum atomic E-state index is 12.6. The maximum absolute atomic E-state index is 12.6. The molecule has 27 heavy (non-hydrogen) atoms. The van der Waals surface area contributed by atoms with E-state index in [0.29, 0.717) is 0 Å². The standard InChI is InChI=1S/C16H20F6O5/c1-6(2)7(3)25-11-8-4-9(12(11)26-10(23)5-8)13(24)27-14(15(17,18)19)16(20,21)22/h6-9,11-12,14H,4-5H2,1-3H3. The Labute approximate surface area is 151 Å². The molecule has 5 unspecified atom stereocenters. The van der Waals surface area contributed by atoms with Crippen molar-refractivity contribution in [2.24, 2.45) is 17.8 Å². The first-order valence-electron chi connectivity index (χ1n) is 8.40. The number of hydrogen-bond acceptors (Lipinski definition) is 5. The molecular weight excluding hydrogens is 386 g/mol. The van der Waals surface area contributed by atoms with Crippen LogP contribution in [-0.2, 0) is 23.8 Å². The van der Waals surface area contributed by atoms with Crippen LogP contribution in [-0.4, -0.2) is 48.7 Å². The van der Waals surface area contributed by atoms with Crippen LogP contribution in [0.2, 0.25) is 0 Å². The van der Waals surface area contributed by atoms with Crippen LogP contribution in [0.3, 0.4) is 0 Å². The number of alkyl halides is 6. The molecule has 0 amide bonds. The number of carbonyl (C=O) groups is 2. The fourth-order valence-corrected chi connectivity index (χ4v) is 3.20. The summed E-state index contributed by atoms with van der Waals surface area (Å²) < 4.78 is 90.3. The lowest BCUT2D eigenvalue weighted by atomic mass is 9.98. The van der Waals surface area contributed by atoms with Crippen molar-refractivity contribution in [1.82, 2.24) is 0 Å². The molecule has 2 aliphatic rings. The molecule has 2 rings (SSSR count). The van der Waals surface area contributed by atoms with Crippen molar-refractivity contribution in [3.05, 3.63) is 0 Å². The molecule has 1 saturated heterocycles. The Hall–Kier alpha value is -1.52. The molecule has 5 atom stereocenters. The van der Waals surface area contributed by atoms with E-state index < -0.39 is 54.4 Å². The average Bonchev–Trinajstić information content (AvgIpc) is 2.70. The molecule has 0 radical (unpaired) electrons. The molecule has 2 bridgehead atoms. The van der Waals surface area contributed by atoms with E-state index in [1.54, 1.807) is 6.92 Å². The van der Waals surface area contributed by atoms with Crippen LogP contribution in [0.5, 0.6) is 0 Å². The molecule has 2 fully saturated rings. The molecule has 5 nitrogen and oxygen atoms in total. The Balaban J connectivity index is 2.18. The van der Waals surface area contributed by atoms with Gasteiger partial charge in [-0.25, -0.2) is 0 Å². The van der Waals surface area contributed by atoms with Crippen LogP contribution in [0.1, 0.15) is 33.6 Å². The summed E-state index contributed by atoms with van der Waals surface area (Å²) in [5.41, 5.74) is 0. The molecule has 0 aromatic heterocycles. The second-order valence-corrected chi connectivity index (χ2v) is 7.21. The van der Waals surface area contributed by atoms with E-state index >= 15 is 0 Å². The van der Waals surface area contributed by atoms with Crippen molar-refractivity contribution >= 4 is 11.9 Å². The summed E-state index contributed by atoms with van der Waals surface area (Å²) in [4.78, 5) is 23.7. The van der Waals surface area contributed by atoms with Crippen molar-refractivity contribution in [1.29, 1.82) is 0 Å². The summed E-state index contributed by atoms with van der Waals surface area (Å²) in [5, 5.41) is 0. The van der Waals surface area contributed by atoms with Gasteiger partial charge in [-0.2, -0.15) is 26.3 Å². The number of fused-ring (bicyclic) bond motifs is 2. The van der Waals surface area contributed by atoms with Crippen molar-refractivity contribution in [2.75, 3.05) is 0 Å². The van der Waals surface area contributed by atoms with Gasteiger partial charge in [0.2, 0.25) is 0 Å². The Morgan fingerprint density at radius 2 is 1.67 bits per heavy atom. The van der Waals surface area contributed by atoms with Gasteiger partial charge in [-0.05, 0) is 19.3 Å². The summed E-state index contributed by atoms with van der Waals surface area (Å²) in [7, 11) is 0. The van der Waals surface area contributed by atoms with Crippen LogP contribution in [0.15, 0.2) is 0 Å². The van der Waals surface area contributed by atoms with Crippen LogP contribution >= 0.6 is 0 Å². The predicted octanol–water partition coefficient (Wildman–Crippen LogP) is 3.40. The zero-order valence-corrected chi connectivity index (χ0v) is 14.8. The van der Waals surface area contributed by atoms with Crippen molar-refractivity contribution in [3.8, 4) is 0 Å². The largest absolute Gasteiger partial charge is 0.459 e. The highest BCUT2D eigenvalue weighted by Gasteiger charge is 2.62. The van der Waals surface area contributed by atoms with E-state index in [-0.39, 0.29) is 24.9 Å². The van der Waals surface area contributed by atoms with Gasteiger partial charge in [0.25, 0.3) is 6.10 Å². The summed E-state index contributed by atoms with van der Waals surface area (Å²) in [6, 6.07) is 0. The summed E-state index contributed by atoms with van der Waals surface area (Å²) >= 11 is 0. The molecule has 0 aromatic carbocycles. The van der Waals surface area contributed by atoms with E-state index in [1.807, 2.05) is 13.8 Å². The first kappa shape index (κ1) is 21.8. The number of halogens is 6. The Kier molecular flexibility index (Phi) is 6.03. The van der Waals surface area contributed by atoms with Gasteiger partial charge in [0, 0.05) is 5.92 Å². The molecular formula is C16H20F6O5. The highest BCUT2D eigenvalue weighted by molar-refractivity contribution is 5.78. The van der Waals surface area contributed by atoms with Crippen LogP contribution in [0.25, 0.3) is 0 Å².